The first-order chi connectivity index (χ1) is 9.76. The van der Waals surface area contributed by atoms with Crippen LogP contribution < -0.4 is 10.5 Å². The first kappa shape index (κ1) is 14.5. The number of halogens is 1. The number of nitrogens with two attached hydrogens (primary N) is 1. The Labute approximate surface area is 119 Å². The summed E-state index contributed by atoms with van der Waals surface area (Å²) < 4.78 is 19.5. The van der Waals surface area contributed by atoms with Crippen LogP contribution in [0.5, 0.6) is 5.75 Å². The lowest BCUT2D eigenvalue weighted by Gasteiger charge is -2.18. The fourth-order valence-electron chi connectivity index (χ4n) is 2.36. The third kappa shape index (κ3) is 3.36. The molecule has 106 valence electrons. The van der Waals surface area contributed by atoms with E-state index in [1.165, 1.54) is 6.07 Å². The SMILES string of the molecule is CCOc1ccccc1CC(CN)c1ccccc1F. The lowest BCUT2D eigenvalue weighted by atomic mass is 9.91. The molecule has 0 heterocycles. The summed E-state index contributed by atoms with van der Waals surface area (Å²) in [4.78, 5) is 0. The molecule has 0 radical (unpaired) electrons. The van der Waals surface area contributed by atoms with Crippen molar-refractivity contribution in [3.63, 3.8) is 0 Å². The second-order valence-corrected chi connectivity index (χ2v) is 4.70. The predicted octanol–water partition coefficient (Wildman–Crippen LogP) is 3.51. The van der Waals surface area contributed by atoms with Gasteiger partial charge in [0.05, 0.1) is 6.61 Å². The minimum Gasteiger partial charge on any atom is -0.494 e. The molecule has 1 atom stereocenters. The third-order valence-corrected chi connectivity index (χ3v) is 3.37. The van der Waals surface area contributed by atoms with Gasteiger partial charge in [-0.25, -0.2) is 4.39 Å². The van der Waals surface area contributed by atoms with Crippen LogP contribution >= 0.6 is 0 Å². The van der Waals surface area contributed by atoms with Gasteiger partial charge in [-0.1, -0.05) is 36.4 Å². The Balaban J connectivity index is 2.25. The average Bonchev–Trinajstić information content (AvgIpc) is 2.47. The quantitative estimate of drug-likeness (QED) is 0.874. The summed E-state index contributed by atoms with van der Waals surface area (Å²) >= 11 is 0. The first-order valence-corrected chi connectivity index (χ1v) is 6.91. The highest BCUT2D eigenvalue weighted by atomic mass is 19.1. The minimum absolute atomic E-state index is 0.0437. The van der Waals surface area contributed by atoms with E-state index in [0.29, 0.717) is 25.1 Å². The summed E-state index contributed by atoms with van der Waals surface area (Å²) in [5.74, 6) is 0.611. The van der Waals surface area contributed by atoms with Crippen LogP contribution in [0.15, 0.2) is 48.5 Å². The molecule has 0 fully saturated rings. The zero-order valence-corrected chi connectivity index (χ0v) is 11.7. The summed E-state index contributed by atoms with van der Waals surface area (Å²) in [5.41, 5.74) is 7.57. The second kappa shape index (κ2) is 7.06. The van der Waals surface area contributed by atoms with E-state index >= 15 is 0 Å². The topological polar surface area (TPSA) is 35.2 Å². The van der Waals surface area contributed by atoms with Gasteiger partial charge in [-0.15, -0.1) is 0 Å². The number of hydrogen-bond acceptors (Lipinski definition) is 2. The lowest BCUT2D eigenvalue weighted by Crippen LogP contribution is -2.16. The van der Waals surface area contributed by atoms with Crippen LogP contribution in [-0.2, 0) is 6.42 Å². The van der Waals surface area contributed by atoms with Crippen molar-refractivity contribution in [3.05, 3.63) is 65.5 Å². The summed E-state index contributed by atoms with van der Waals surface area (Å²) in [5, 5.41) is 0. The zero-order valence-electron chi connectivity index (χ0n) is 11.7. The lowest BCUT2D eigenvalue weighted by molar-refractivity contribution is 0.335. The molecule has 0 aliphatic rings. The van der Waals surface area contributed by atoms with Gasteiger partial charge in [0.15, 0.2) is 0 Å². The van der Waals surface area contributed by atoms with Gasteiger partial charge >= 0.3 is 0 Å². The Kier molecular flexibility index (Phi) is 5.13. The van der Waals surface area contributed by atoms with E-state index in [1.807, 2.05) is 37.3 Å². The Bertz CT molecular complexity index is 556. The largest absolute Gasteiger partial charge is 0.494 e. The summed E-state index contributed by atoms with van der Waals surface area (Å²) in [7, 11) is 0. The molecule has 2 N–H and O–H groups in total. The third-order valence-electron chi connectivity index (χ3n) is 3.37. The number of hydrogen-bond donors (Lipinski definition) is 1. The van der Waals surface area contributed by atoms with E-state index in [2.05, 4.69) is 0 Å². The van der Waals surface area contributed by atoms with Gasteiger partial charge in [-0.2, -0.15) is 0 Å². The maximum absolute atomic E-state index is 13.9. The molecule has 0 bridgehead atoms. The Morgan fingerprint density at radius 3 is 2.50 bits per heavy atom. The molecule has 0 aromatic heterocycles. The molecule has 0 aliphatic carbocycles. The van der Waals surface area contributed by atoms with E-state index in [1.54, 1.807) is 12.1 Å². The van der Waals surface area contributed by atoms with Crippen molar-refractivity contribution in [1.82, 2.24) is 0 Å². The van der Waals surface area contributed by atoms with Crippen LogP contribution in [0.4, 0.5) is 4.39 Å². The van der Waals surface area contributed by atoms with Crippen LogP contribution in [-0.4, -0.2) is 13.2 Å². The maximum Gasteiger partial charge on any atom is 0.126 e. The number of ether oxygens (including phenoxy) is 1. The van der Waals surface area contributed by atoms with Crippen molar-refractivity contribution < 1.29 is 9.13 Å². The van der Waals surface area contributed by atoms with Crippen LogP contribution in [0.1, 0.15) is 24.0 Å². The Morgan fingerprint density at radius 1 is 1.10 bits per heavy atom. The van der Waals surface area contributed by atoms with Crippen molar-refractivity contribution in [3.8, 4) is 5.75 Å². The van der Waals surface area contributed by atoms with Crippen molar-refractivity contribution in [2.24, 2.45) is 5.73 Å². The molecule has 20 heavy (non-hydrogen) atoms. The second-order valence-electron chi connectivity index (χ2n) is 4.70. The van der Waals surface area contributed by atoms with Crippen molar-refractivity contribution in [2.75, 3.05) is 13.2 Å². The van der Waals surface area contributed by atoms with Gasteiger partial charge in [0.25, 0.3) is 0 Å². The summed E-state index contributed by atoms with van der Waals surface area (Å²) in [6.45, 7) is 2.97. The Hall–Kier alpha value is -1.87. The molecule has 0 saturated carbocycles. The van der Waals surface area contributed by atoms with E-state index in [-0.39, 0.29) is 11.7 Å². The molecular formula is C17H20FNO. The van der Waals surface area contributed by atoms with Gasteiger partial charge in [0.1, 0.15) is 11.6 Å². The normalized spacial score (nSPS) is 12.2. The molecular weight excluding hydrogens is 253 g/mol. The van der Waals surface area contributed by atoms with E-state index in [4.69, 9.17) is 10.5 Å². The molecule has 1 unspecified atom stereocenters. The monoisotopic (exact) mass is 273 g/mol. The van der Waals surface area contributed by atoms with Crippen LogP contribution in [0, 0.1) is 5.82 Å². The van der Waals surface area contributed by atoms with Crippen molar-refractivity contribution >= 4 is 0 Å². The highest BCUT2D eigenvalue weighted by Crippen LogP contribution is 2.27. The van der Waals surface area contributed by atoms with Gasteiger partial charge in [0.2, 0.25) is 0 Å². The average molecular weight is 273 g/mol. The molecule has 2 rings (SSSR count). The fourth-order valence-corrected chi connectivity index (χ4v) is 2.36. The molecule has 2 aromatic carbocycles. The van der Waals surface area contributed by atoms with Gasteiger partial charge in [-0.05, 0) is 43.1 Å². The molecule has 0 amide bonds. The van der Waals surface area contributed by atoms with E-state index < -0.39 is 0 Å². The van der Waals surface area contributed by atoms with Crippen LogP contribution in [0.25, 0.3) is 0 Å². The molecule has 3 heteroatoms. The van der Waals surface area contributed by atoms with Crippen LogP contribution in [0.2, 0.25) is 0 Å². The first-order valence-electron chi connectivity index (χ1n) is 6.91. The maximum atomic E-state index is 13.9. The highest BCUT2D eigenvalue weighted by molar-refractivity contribution is 5.36. The highest BCUT2D eigenvalue weighted by Gasteiger charge is 2.16. The number of para-hydroxylation sites is 1. The predicted molar refractivity (Wildman–Crippen MR) is 79.5 cm³/mol. The zero-order chi connectivity index (χ0) is 14.4. The Morgan fingerprint density at radius 2 is 1.80 bits per heavy atom. The van der Waals surface area contributed by atoms with E-state index in [0.717, 1.165) is 11.3 Å². The van der Waals surface area contributed by atoms with Gasteiger partial charge in [-0.3, -0.25) is 0 Å². The molecule has 0 saturated heterocycles. The smallest absolute Gasteiger partial charge is 0.126 e. The van der Waals surface area contributed by atoms with Crippen molar-refractivity contribution in [2.45, 2.75) is 19.3 Å². The number of rotatable bonds is 6. The number of benzene rings is 2. The standard InChI is InChI=1S/C17H20FNO/c1-2-20-17-10-6-3-7-13(17)11-14(12-19)15-8-4-5-9-16(15)18/h3-10,14H,2,11-12,19H2,1H3. The minimum atomic E-state index is -0.197. The molecule has 2 aromatic rings. The van der Waals surface area contributed by atoms with E-state index in [9.17, 15) is 4.39 Å². The van der Waals surface area contributed by atoms with Crippen LogP contribution in [0.3, 0.4) is 0 Å². The molecule has 0 aliphatic heterocycles. The fraction of sp³-hybridized carbons (Fsp3) is 0.294. The summed E-state index contributed by atoms with van der Waals surface area (Å²) in [6.07, 6.45) is 0.674. The van der Waals surface area contributed by atoms with Gasteiger partial charge < -0.3 is 10.5 Å². The van der Waals surface area contributed by atoms with Gasteiger partial charge in [0, 0.05) is 5.92 Å². The molecule has 2 nitrogen and oxygen atoms in total. The summed E-state index contributed by atoms with van der Waals surface area (Å²) in [6, 6.07) is 14.7. The van der Waals surface area contributed by atoms with Crippen molar-refractivity contribution in [1.29, 1.82) is 0 Å². The molecule has 0 spiro atoms.